The second-order valence-corrected chi connectivity index (χ2v) is 6.45. The quantitative estimate of drug-likeness (QED) is 0.575. The van der Waals surface area contributed by atoms with Gasteiger partial charge in [-0.25, -0.2) is 0 Å². The average molecular weight is 329 g/mol. The van der Waals surface area contributed by atoms with Gasteiger partial charge in [0.2, 0.25) is 5.91 Å². The summed E-state index contributed by atoms with van der Waals surface area (Å²) in [4.78, 5) is 14.9. The third kappa shape index (κ3) is 4.00. The third-order valence-electron chi connectivity index (χ3n) is 4.51. The number of rotatable bonds is 4. The maximum Gasteiger partial charge on any atom is 0.227 e. The molecule has 1 atom stereocenters. The number of para-hydroxylation sites is 1. The molecule has 0 bridgehead atoms. The summed E-state index contributed by atoms with van der Waals surface area (Å²) >= 11 is 0. The molecule has 0 N–H and O–H groups in total. The summed E-state index contributed by atoms with van der Waals surface area (Å²) in [6.07, 6.45) is 5.59. The minimum absolute atomic E-state index is 0.155. The molecular weight excluding hydrogens is 306 g/mol. The van der Waals surface area contributed by atoms with Crippen LogP contribution in [0.3, 0.4) is 0 Å². The molecule has 3 rings (SSSR count). The van der Waals surface area contributed by atoms with Crippen molar-refractivity contribution in [1.82, 2.24) is 0 Å². The van der Waals surface area contributed by atoms with Gasteiger partial charge in [0.15, 0.2) is 0 Å². The summed E-state index contributed by atoms with van der Waals surface area (Å²) in [6.45, 7) is 4.73. The Morgan fingerprint density at radius 1 is 1.12 bits per heavy atom. The lowest BCUT2D eigenvalue weighted by Crippen LogP contribution is -2.31. The zero-order chi connectivity index (χ0) is 17.6. The Morgan fingerprint density at radius 2 is 1.80 bits per heavy atom. The molecule has 0 aliphatic carbocycles. The van der Waals surface area contributed by atoms with E-state index in [0.717, 1.165) is 28.8 Å². The molecule has 2 heteroatoms. The maximum absolute atomic E-state index is 13.0. The van der Waals surface area contributed by atoms with E-state index in [0.29, 0.717) is 18.9 Å². The van der Waals surface area contributed by atoms with E-state index in [-0.39, 0.29) is 5.91 Å². The first-order chi connectivity index (χ1) is 12.2. The molecule has 0 spiro atoms. The molecule has 25 heavy (non-hydrogen) atoms. The van der Waals surface area contributed by atoms with E-state index < -0.39 is 0 Å². The number of carbonyl (C=O) groups is 1. The zero-order valence-corrected chi connectivity index (χ0v) is 14.8. The third-order valence-corrected chi connectivity index (χ3v) is 4.51. The Bertz CT molecular complexity index is 854. The number of allylic oxidation sites excluding steroid dienone is 2. The van der Waals surface area contributed by atoms with Crippen molar-refractivity contribution in [2.45, 2.75) is 33.2 Å². The van der Waals surface area contributed by atoms with Gasteiger partial charge in [-0.2, -0.15) is 0 Å². The molecule has 0 fully saturated rings. The predicted molar refractivity (Wildman–Crippen MR) is 103 cm³/mol. The molecule has 2 nitrogen and oxygen atoms in total. The van der Waals surface area contributed by atoms with Gasteiger partial charge in [0.1, 0.15) is 0 Å². The van der Waals surface area contributed by atoms with Crippen LogP contribution < -0.4 is 4.90 Å². The Morgan fingerprint density at radius 3 is 2.60 bits per heavy atom. The lowest BCUT2D eigenvalue weighted by atomic mass is 10.0. The molecule has 126 valence electrons. The minimum atomic E-state index is 0.155. The summed E-state index contributed by atoms with van der Waals surface area (Å²) in [7, 11) is 0. The Kier molecular flexibility index (Phi) is 5.36. The zero-order valence-electron chi connectivity index (χ0n) is 14.8. The van der Waals surface area contributed by atoms with Crippen LogP contribution in [0.25, 0.3) is 0 Å². The van der Waals surface area contributed by atoms with Crippen LogP contribution in [0.4, 0.5) is 5.69 Å². The number of nitrogens with zero attached hydrogens (tertiary/aromatic N) is 1. The van der Waals surface area contributed by atoms with E-state index in [1.807, 2.05) is 60.4 Å². The van der Waals surface area contributed by atoms with Gasteiger partial charge in [0, 0.05) is 17.5 Å². The number of amides is 1. The van der Waals surface area contributed by atoms with Crippen molar-refractivity contribution < 1.29 is 4.79 Å². The van der Waals surface area contributed by atoms with Crippen LogP contribution in [0.15, 0.2) is 60.7 Å². The van der Waals surface area contributed by atoms with E-state index >= 15 is 0 Å². The van der Waals surface area contributed by atoms with Crippen molar-refractivity contribution in [1.29, 1.82) is 0 Å². The largest absolute Gasteiger partial charge is 0.307 e. The van der Waals surface area contributed by atoms with E-state index in [4.69, 9.17) is 0 Å². The second kappa shape index (κ2) is 7.85. The van der Waals surface area contributed by atoms with Crippen molar-refractivity contribution in [3.8, 4) is 11.8 Å². The first-order valence-corrected chi connectivity index (χ1v) is 8.81. The van der Waals surface area contributed by atoms with Gasteiger partial charge < -0.3 is 4.90 Å². The standard InChI is InChI=1S/C23H23NO/c1-3-8-18(2)13-16-23(25)24-17-21-11-5-4-9-19(21)14-15-20-10-6-7-12-22(20)24/h3-12,18H,13,16-17H2,1-2H3. The normalized spacial score (nSPS) is 13.9. The van der Waals surface area contributed by atoms with Gasteiger partial charge in [-0.3, -0.25) is 4.79 Å². The SMILES string of the molecule is CC=CC(C)CCC(=O)N1Cc2ccccc2C#Cc2ccccc21. The summed E-state index contributed by atoms with van der Waals surface area (Å²) in [6, 6.07) is 16.0. The van der Waals surface area contributed by atoms with E-state index in [1.165, 1.54) is 0 Å². The summed E-state index contributed by atoms with van der Waals surface area (Å²) in [5.41, 5.74) is 3.91. The number of fused-ring (bicyclic) bond motifs is 2. The lowest BCUT2D eigenvalue weighted by molar-refractivity contribution is -0.119. The van der Waals surface area contributed by atoms with Crippen LogP contribution in [-0.4, -0.2) is 5.91 Å². The lowest BCUT2D eigenvalue weighted by Gasteiger charge is -2.26. The molecule has 2 aromatic carbocycles. The van der Waals surface area contributed by atoms with Crippen molar-refractivity contribution in [3.05, 3.63) is 77.4 Å². The van der Waals surface area contributed by atoms with Crippen molar-refractivity contribution in [3.63, 3.8) is 0 Å². The fourth-order valence-electron chi connectivity index (χ4n) is 3.12. The minimum Gasteiger partial charge on any atom is -0.307 e. The molecule has 0 saturated heterocycles. The smallest absolute Gasteiger partial charge is 0.227 e. The summed E-state index contributed by atoms with van der Waals surface area (Å²) in [5.74, 6) is 7.05. The van der Waals surface area contributed by atoms with Crippen LogP contribution in [0, 0.1) is 17.8 Å². The predicted octanol–water partition coefficient (Wildman–Crippen LogP) is 4.93. The Labute approximate surface area is 150 Å². The number of hydrogen-bond donors (Lipinski definition) is 0. The Hall–Kier alpha value is -2.79. The van der Waals surface area contributed by atoms with E-state index in [9.17, 15) is 4.79 Å². The van der Waals surface area contributed by atoms with Gasteiger partial charge in [-0.15, -0.1) is 0 Å². The molecule has 0 aromatic heterocycles. The average Bonchev–Trinajstić information content (AvgIpc) is 2.62. The van der Waals surface area contributed by atoms with Crippen LogP contribution >= 0.6 is 0 Å². The number of hydrogen-bond acceptors (Lipinski definition) is 1. The van der Waals surface area contributed by atoms with E-state index in [1.54, 1.807) is 0 Å². The molecule has 2 aromatic rings. The fraction of sp³-hybridized carbons (Fsp3) is 0.261. The maximum atomic E-state index is 13.0. The molecular formula is C23H23NO. The van der Waals surface area contributed by atoms with Gasteiger partial charge in [0.25, 0.3) is 0 Å². The van der Waals surface area contributed by atoms with Crippen LogP contribution in [0.1, 0.15) is 43.4 Å². The molecule has 0 radical (unpaired) electrons. The van der Waals surface area contributed by atoms with E-state index in [2.05, 4.69) is 30.9 Å². The summed E-state index contributed by atoms with van der Waals surface area (Å²) < 4.78 is 0. The molecule has 1 unspecified atom stereocenters. The van der Waals surface area contributed by atoms with Crippen LogP contribution in [0.5, 0.6) is 0 Å². The molecule has 1 aliphatic rings. The monoisotopic (exact) mass is 329 g/mol. The molecule has 1 aliphatic heterocycles. The Balaban J connectivity index is 1.93. The van der Waals surface area contributed by atoms with Gasteiger partial charge in [-0.05, 0) is 43.0 Å². The van der Waals surface area contributed by atoms with Crippen LogP contribution in [-0.2, 0) is 11.3 Å². The topological polar surface area (TPSA) is 20.3 Å². The molecule has 1 heterocycles. The fourth-order valence-corrected chi connectivity index (χ4v) is 3.12. The van der Waals surface area contributed by atoms with Gasteiger partial charge >= 0.3 is 0 Å². The molecule has 0 saturated carbocycles. The number of anilines is 1. The highest BCUT2D eigenvalue weighted by atomic mass is 16.2. The number of benzene rings is 2. The summed E-state index contributed by atoms with van der Waals surface area (Å²) in [5, 5.41) is 0. The van der Waals surface area contributed by atoms with Crippen LogP contribution in [0.2, 0.25) is 0 Å². The van der Waals surface area contributed by atoms with Crippen molar-refractivity contribution >= 4 is 11.6 Å². The first kappa shape index (κ1) is 17.0. The van der Waals surface area contributed by atoms with Crippen molar-refractivity contribution in [2.75, 3.05) is 4.90 Å². The van der Waals surface area contributed by atoms with Crippen molar-refractivity contribution in [2.24, 2.45) is 5.92 Å². The highest BCUT2D eigenvalue weighted by Crippen LogP contribution is 2.26. The first-order valence-electron chi connectivity index (χ1n) is 8.81. The highest BCUT2D eigenvalue weighted by Gasteiger charge is 2.21. The second-order valence-electron chi connectivity index (χ2n) is 6.45. The number of carbonyl (C=O) groups excluding carboxylic acids is 1. The van der Waals surface area contributed by atoms with Gasteiger partial charge in [-0.1, -0.05) is 61.2 Å². The molecule has 1 amide bonds. The highest BCUT2D eigenvalue weighted by molar-refractivity contribution is 5.95. The van der Waals surface area contributed by atoms with Gasteiger partial charge in [0.05, 0.1) is 12.2 Å².